The third kappa shape index (κ3) is 0.936. The van der Waals surface area contributed by atoms with Gasteiger partial charge in [-0.2, -0.15) is 0 Å². The van der Waals surface area contributed by atoms with Gasteiger partial charge in [0, 0.05) is 0 Å². The quantitative estimate of drug-likeness (QED) is 0.405. The summed E-state index contributed by atoms with van der Waals surface area (Å²) >= 11 is 0. The Morgan fingerprint density at radius 1 is 0.909 bits per heavy atom. The molecule has 1 aromatic heterocycles. The van der Waals surface area contributed by atoms with Crippen molar-refractivity contribution in [3.05, 3.63) is 10.4 Å². The molecule has 1 aromatic rings. The van der Waals surface area contributed by atoms with E-state index >= 15 is 0 Å². The maximum Gasteiger partial charge on any atom is 0.385 e. The van der Waals surface area contributed by atoms with Gasteiger partial charge < -0.3 is 24.8 Å². The fourth-order valence-electron chi connectivity index (χ4n) is 0.495. The van der Waals surface area contributed by atoms with E-state index in [1.165, 1.54) is 0 Å². The maximum absolute atomic E-state index is 10.4. The van der Waals surface area contributed by atoms with Gasteiger partial charge in [0.2, 0.25) is 17.2 Å². The zero-order valence-electron chi connectivity index (χ0n) is 5.11. The molecule has 6 heteroatoms. The van der Waals surface area contributed by atoms with Gasteiger partial charge in [-0.25, -0.2) is 4.79 Å². The highest BCUT2D eigenvalue weighted by Gasteiger charge is 2.16. The van der Waals surface area contributed by atoms with Crippen LogP contribution < -0.4 is 5.63 Å². The van der Waals surface area contributed by atoms with Gasteiger partial charge in [-0.05, 0) is 0 Å². The lowest BCUT2D eigenvalue weighted by atomic mass is 10.4. The standard InChI is InChI=1S/C5H4O6/c6-1-2(7)4(9)11-5(10)3(1)8/h6-9H. The Kier molecular flexibility index (Phi) is 1.37. The Hall–Kier alpha value is -1.85. The van der Waals surface area contributed by atoms with Crippen LogP contribution in [0.3, 0.4) is 0 Å². The molecule has 6 nitrogen and oxygen atoms in total. The molecule has 0 bridgehead atoms. The van der Waals surface area contributed by atoms with Crippen LogP contribution in [0.25, 0.3) is 0 Å². The van der Waals surface area contributed by atoms with Gasteiger partial charge in [0.15, 0.2) is 0 Å². The fourth-order valence-corrected chi connectivity index (χ4v) is 0.495. The van der Waals surface area contributed by atoms with Crippen LogP contribution in [0.5, 0.6) is 23.2 Å². The van der Waals surface area contributed by atoms with Gasteiger partial charge in [-0.15, -0.1) is 0 Å². The van der Waals surface area contributed by atoms with E-state index in [1.807, 2.05) is 0 Å². The summed E-state index contributed by atoms with van der Waals surface area (Å²) < 4.78 is 3.86. The SMILES string of the molecule is O=c1oc(O)c(O)c(O)c1O. The third-order valence-electron chi connectivity index (χ3n) is 1.03. The summed E-state index contributed by atoms with van der Waals surface area (Å²) in [7, 11) is 0. The van der Waals surface area contributed by atoms with Crippen LogP contribution in [0.2, 0.25) is 0 Å². The van der Waals surface area contributed by atoms with Crippen LogP contribution in [0, 0.1) is 0 Å². The highest BCUT2D eigenvalue weighted by atomic mass is 16.5. The summed E-state index contributed by atoms with van der Waals surface area (Å²) in [5, 5.41) is 34.4. The van der Waals surface area contributed by atoms with E-state index in [0.29, 0.717) is 0 Å². The molecule has 1 heterocycles. The molecule has 0 aliphatic heterocycles. The topological polar surface area (TPSA) is 111 Å². The monoisotopic (exact) mass is 160 g/mol. The molecule has 0 unspecified atom stereocenters. The zero-order valence-corrected chi connectivity index (χ0v) is 5.11. The smallest absolute Gasteiger partial charge is 0.385 e. The van der Waals surface area contributed by atoms with Crippen molar-refractivity contribution in [3.8, 4) is 23.2 Å². The molecule has 1 rings (SSSR count). The minimum Gasteiger partial charge on any atom is -0.501 e. The number of hydrogen-bond donors (Lipinski definition) is 4. The molecule has 0 spiro atoms. The van der Waals surface area contributed by atoms with E-state index in [0.717, 1.165) is 0 Å². The highest BCUT2D eigenvalue weighted by molar-refractivity contribution is 5.49. The molecule has 0 saturated carbocycles. The summed E-state index contributed by atoms with van der Waals surface area (Å²) in [6.45, 7) is 0. The van der Waals surface area contributed by atoms with E-state index in [9.17, 15) is 4.79 Å². The van der Waals surface area contributed by atoms with Crippen molar-refractivity contribution >= 4 is 0 Å². The normalized spacial score (nSPS) is 9.82. The van der Waals surface area contributed by atoms with Crippen LogP contribution >= 0.6 is 0 Å². The van der Waals surface area contributed by atoms with E-state index < -0.39 is 28.8 Å². The summed E-state index contributed by atoms with van der Waals surface area (Å²) in [6, 6.07) is 0. The van der Waals surface area contributed by atoms with Crippen LogP contribution in [0.1, 0.15) is 0 Å². The minimum absolute atomic E-state index is 1.07. The van der Waals surface area contributed by atoms with Crippen molar-refractivity contribution in [1.82, 2.24) is 0 Å². The summed E-state index contributed by atoms with van der Waals surface area (Å²) in [5.41, 5.74) is -1.32. The summed E-state index contributed by atoms with van der Waals surface area (Å²) in [5.74, 6) is -4.44. The van der Waals surface area contributed by atoms with Gasteiger partial charge >= 0.3 is 11.6 Å². The van der Waals surface area contributed by atoms with Crippen molar-refractivity contribution in [2.24, 2.45) is 0 Å². The Balaban J connectivity index is 3.59. The zero-order chi connectivity index (χ0) is 8.59. The van der Waals surface area contributed by atoms with Crippen molar-refractivity contribution < 1.29 is 24.8 Å². The van der Waals surface area contributed by atoms with Gasteiger partial charge in [0.25, 0.3) is 0 Å². The highest BCUT2D eigenvalue weighted by Crippen LogP contribution is 2.37. The lowest BCUT2D eigenvalue weighted by Gasteiger charge is -1.98. The Labute approximate surface area is 59.6 Å². The Morgan fingerprint density at radius 3 is 2.00 bits per heavy atom. The molecule has 0 aromatic carbocycles. The average molecular weight is 160 g/mol. The van der Waals surface area contributed by atoms with Crippen LogP contribution in [0.15, 0.2) is 9.21 Å². The summed E-state index contributed by atoms with van der Waals surface area (Å²) in [6.07, 6.45) is 0. The van der Waals surface area contributed by atoms with Gasteiger partial charge in [-0.1, -0.05) is 0 Å². The van der Waals surface area contributed by atoms with E-state index in [2.05, 4.69) is 4.42 Å². The lowest BCUT2D eigenvalue weighted by Crippen LogP contribution is -1.96. The first-order chi connectivity index (χ1) is 5.04. The first kappa shape index (κ1) is 7.26. The molecule has 4 N–H and O–H groups in total. The molecule has 0 saturated heterocycles. The molecule has 60 valence electrons. The molecule has 0 amide bonds. The van der Waals surface area contributed by atoms with Gasteiger partial charge in [-0.3, -0.25) is 0 Å². The predicted octanol–water partition coefficient (Wildman–Crippen LogP) is -0.538. The molecular formula is C5H4O6. The second kappa shape index (κ2) is 2.08. The first-order valence-corrected chi connectivity index (χ1v) is 2.51. The number of aromatic hydroxyl groups is 4. The van der Waals surface area contributed by atoms with Gasteiger partial charge in [0.05, 0.1) is 0 Å². The Morgan fingerprint density at radius 2 is 1.45 bits per heavy atom. The van der Waals surface area contributed by atoms with Crippen LogP contribution in [-0.2, 0) is 0 Å². The second-order valence-corrected chi connectivity index (χ2v) is 1.74. The van der Waals surface area contributed by atoms with Crippen molar-refractivity contribution in [3.63, 3.8) is 0 Å². The maximum atomic E-state index is 10.4. The third-order valence-corrected chi connectivity index (χ3v) is 1.03. The number of hydrogen-bond acceptors (Lipinski definition) is 6. The minimum atomic E-state index is -1.32. The van der Waals surface area contributed by atoms with E-state index in [1.54, 1.807) is 0 Å². The van der Waals surface area contributed by atoms with E-state index in [-0.39, 0.29) is 0 Å². The predicted molar refractivity (Wildman–Crippen MR) is 31.6 cm³/mol. The average Bonchev–Trinajstić information content (AvgIpc) is 1.97. The number of rotatable bonds is 0. The van der Waals surface area contributed by atoms with Crippen molar-refractivity contribution in [1.29, 1.82) is 0 Å². The summed E-state index contributed by atoms with van der Waals surface area (Å²) in [4.78, 5) is 10.4. The Bertz CT molecular complexity index is 338. The van der Waals surface area contributed by atoms with E-state index in [4.69, 9.17) is 20.4 Å². The van der Waals surface area contributed by atoms with Crippen molar-refractivity contribution in [2.45, 2.75) is 0 Å². The molecular weight excluding hydrogens is 156 g/mol. The van der Waals surface area contributed by atoms with Crippen molar-refractivity contribution in [2.75, 3.05) is 0 Å². The van der Waals surface area contributed by atoms with Crippen LogP contribution in [-0.4, -0.2) is 20.4 Å². The molecule has 0 fully saturated rings. The first-order valence-electron chi connectivity index (χ1n) is 2.51. The molecule has 11 heavy (non-hydrogen) atoms. The van der Waals surface area contributed by atoms with Crippen LogP contribution in [0.4, 0.5) is 0 Å². The molecule has 0 aliphatic carbocycles. The molecule has 0 radical (unpaired) electrons. The van der Waals surface area contributed by atoms with Gasteiger partial charge in [0.1, 0.15) is 0 Å². The molecule has 0 atom stereocenters. The largest absolute Gasteiger partial charge is 0.501 e. The fraction of sp³-hybridized carbons (Fsp3) is 0. The second-order valence-electron chi connectivity index (χ2n) is 1.74. The lowest BCUT2D eigenvalue weighted by molar-refractivity contribution is 0.251. The molecule has 0 aliphatic rings.